The van der Waals surface area contributed by atoms with Crippen LogP contribution >= 0.6 is 0 Å². The van der Waals surface area contributed by atoms with Crippen molar-refractivity contribution in [1.29, 1.82) is 0 Å². The second kappa shape index (κ2) is 17.8. The first kappa shape index (κ1) is 40.3. The van der Waals surface area contributed by atoms with Gasteiger partial charge in [-0.3, -0.25) is 14.1 Å². The van der Waals surface area contributed by atoms with E-state index in [-0.39, 0.29) is 6.04 Å². The molecule has 4 aromatic heterocycles. The fourth-order valence-corrected chi connectivity index (χ4v) is 7.98. The maximum atomic E-state index is 5.35. The molecule has 61 heavy (non-hydrogen) atoms. The van der Waals surface area contributed by atoms with Gasteiger partial charge >= 0.3 is 0 Å². The van der Waals surface area contributed by atoms with Crippen LogP contribution in [0.2, 0.25) is 0 Å². The molecule has 9 nitrogen and oxygen atoms in total. The zero-order valence-electron chi connectivity index (χ0n) is 35.2. The monoisotopic (exact) mass is 799 g/mol. The van der Waals surface area contributed by atoms with Crippen molar-refractivity contribution in [3.05, 3.63) is 185 Å². The highest BCUT2D eigenvalue weighted by Crippen LogP contribution is 2.38. The number of pyridine rings is 2. The van der Waals surface area contributed by atoms with Crippen molar-refractivity contribution in [3.8, 4) is 28.5 Å². The Morgan fingerprint density at radius 2 is 1.57 bits per heavy atom. The molecule has 1 unspecified atom stereocenters. The van der Waals surface area contributed by atoms with Crippen LogP contribution in [-0.2, 0) is 6.54 Å². The summed E-state index contributed by atoms with van der Waals surface area (Å²) in [6, 6.07) is 24.0. The molecule has 4 heterocycles. The first-order valence-corrected chi connectivity index (χ1v) is 20.5. The molecule has 6 aromatic rings. The lowest BCUT2D eigenvalue weighted by Gasteiger charge is -2.34. The highest BCUT2D eigenvalue weighted by Gasteiger charge is 2.27. The number of benzene rings is 2. The standard InChI is InChI=1S/C52H49N9/c1-35-20-11-8-9-13-26-46(35)59(51-44(53-7)24-18-30-55-51)34-42-32-41(49-58-45-25-19-31-56-52(45)61(49)48-27-14-10-12-21-37(48)3)33-43(39(42)5)50-57-38(4)23-17-29-54-40(6)60(50)47-28-16-15-22-36(47)2/h8-10,12-20,22-33,46H,4,6-7,11,21,34H2,1-3,5H3/b9-8-,23-17?,26-13?,35-20-,54-29?,57-50?. The van der Waals surface area contributed by atoms with E-state index in [0.717, 1.165) is 74.8 Å². The number of aryl methyl sites for hydroxylation is 1. The number of nitrogens with zero attached hydrogens (tertiary/aromatic N) is 9. The minimum Gasteiger partial charge on any atom is -0.340 e. The molecule has 0 fully saturated rings. The topological polar surface area (TPSA) is 89.9 Å². The van der Waals surface area contributed by atoms with Gasteiger partial charge in [0.1, 0.15) is 28.3 Å². The molecule has 0 N–H and O–H groups in total. The largest absolute Gasteiger partial charge is 0.340 e. The Hall–Kier alpha value is -7.52. The quantitative estimate of drug-likeness (QED) is 0.107. The molecule has 0 saturated carbocycles. The van der Waals surface area contributed by atoms with Gasteiger partial charge in [0.15, 0.2) is 11.5 Å². The van der Waals surface area contributed by atoms with Gasteiger partial charge in [-0.05, 0) is 130 Å². The number of anilines is 1. The molecule has 0 bridgehead atoms. The van der Waals surface area contributed by atoms with Crippen molar-refractivity contribution in [2.75, 3.05) is 4.90 Å². The fourth-order valence-electron chi connectivity index (χ4n) is 7.98. The first-order chi connectivity index (χ1) is 29.7. The fraction of sp³-hybridized carbons (Fsp3) is 0.154. The van der Waals surface area contributed by atoms with E-state index in [1.165, 1.54) is 11.1 Å². The SMILES string of the molecule is C=Nc1cccnc1N(Cc1cc(-c2nc3cccnc3n2C2=C(C)CC=CC=C2)cc(-c2nc(=C)cccnc(=C)n2-c2ccccc2C)c1C)C1C=C/C=C\C/C=C\1C. The summed E-state index contributed by atoms with van der Waals surface area (Å²) in [5.41, 5.74) is 11.9. The third-order valence-electron chi connectivity index (χ3n) is 11.2. The number of imidazole rings is 1. The number of para-hydroxylation sites is 1. The molecule has 9 heteroatoms. The molecule has 1 atom stereocenters. The van der Waals surface area contributed by atoms with Gasteiger partial charge in [0, 0.05) is 42.0 Å². The molecular formula is C52H49N9. The minimum absolute atomic E-state index is 0.137. The molecule has 0 spiro atoms. The van der Waals surface area contributed by atoms with Gasteiger partial charge in [-0.15, -0.1) is 0 Å². The predicted octanol–water partition coefficient (Wildman–Crippen LogP) is 10.2. The van der Waals surface area contributed by atoms with Gasteiger partial charge in [-0.1, -0.05) is 85.5 Å². The number of rotatable bonds is 9. The molecule has 0 aliphatic heterocycles. The summed E-state index contributed by atoms with van der Waals surface area (Å²) < 4.78 is 4.22. The van der Waals surface area contributed by atoms with Crippen molar-refractivity contribution < 1.29 is 0 Å². The Kier molecular flexibility index (Phi) is 11.7. The average Bonchev–Trinajstić information content (AvgIpc) is 3.54. The first-order valence-electron chi connectivity index (χ1n) is 20.5. The predicted molar refractivity (Wildman–Crippen MR) is 253 cm³/mol. The van der Waals surface area contributed by atoms with Crippen LogP contribution in [0.4, 0.5) is 11.5 Å². The Balaban J connectivity index is 1.49. The molecule has 302 valence electrons. The third kappa shape index (κ3) is 8.23. The highest BCUT2D eigenvalue weighted by atomic mass is 15.2. The van der Waals surface area contributed by atoms with Crippen LogP contribution in [-0.4, -0.2) is 46.8 Å². The second-order valence-corrected chi connectivity index (χ2v) is 15.3. The summed E-state index contributed by atoms with van der Waals surface area (Å²) in [7, 11) is 0. The van der Waals surface area contributed by atoms with Crippen molar-refractivity contribution in [2.45, 2.75) is 53.1 Å². The van der Waals surface area contributed by atoms with E-state index in [4.69, 9.17) is 24.9 Å². The molecular weight excluding hydrogens is 751 g/mol. The molecule has 2 aliphatic rings. The van der Waals surface area contributed by atoms with Crippen molar-refractivity contribution in [1.82, 2.24) is 34.1 Å². The molecule has 0 saturated heterocycles. The Bertz CT molecular complexity index is 3030. The number of fused-ring (bicyclic) bond motifs is 1. The van der Waals surface area contributed by atoms with Crippen LogP contribution in [0.25, 0.3) is 58.5 Å². The van der Waals surface area contributed by atoms with E-state index in [0.29, 0.717) is 28.9 Å². The van der Waals surface area contributed by atoms with Crippen molar-refractivity contribution in [3.63, 3.8) is 0 Å². The van der Waals surface area contributed by atoms with Crippen LogP contribution in [0.15, 0.2) is 162 Å². The number of aromatic nitrogens is 7. The van der Waals surface area contributed by atoms with E-state index in [1.807, 2.05) is 65.5 Å². The lowest BCUT2D eigenvalue weighted by molar-refractivity contribution is 0.733. The molecule has 8 rings (SSSR count). The Morgan fingerprint density at radius 3 is 2.43 bits per heavy atom. The van der Waals surface area contributed by atoms with Gasteiger partial charge in [0.05, 0.1) is 17.1 Å². The lowest BCUT2D eigenvalue weighted by atomic mass is 9.95. The summed E-state index contributed by atoms with van der Waals surface area (Å²) in [5, 5.41) is 0.569. The van der Waals surface area contributed by atoms with E-state index in [9.17, 15) is 0 Å². The summed E-state index contributed by atoms with van der Waals surface area (Å²) in [5.74, 6) is 2.11. The Labute approximate surface area is 357 Å². The van der Waals surface area contributed by atoms with E-state index >= 15 is 0 Å². The second-order valence-electron chi connectivity index (χ2n) is 15.3. The maximum Gasteiger partial charge on any atom is 0.164 e. The van der Waals surface area contributed by atoms with Crippen molar-refractivity contribution in [2.24, 2.45) is 4.99 Å². The van der Waals surface area contributed by atoms with Gasteiger partial charge in [0.25, 0.3) is 0 Å². The molecule has 2 aliphatic carbocycles. The van der Waals surface area contributed by atoms with E-state index in [2.05, 4.69) is 141 Å². The van der Waals surface area contributed by atoms with Crippen molar-refractivity contribution >= 4 is 48.2 Å². The van der Waals surface area contributed by atoms with E-state index in [1.54, 1.807) is 6.20 Å². The smallest absolute Gasteiger partial charge is 0.164 e. The van der Waals surface area contributed by atoms with Crippen LogP contribution in [0.5, 0.6) is 0 Å². The zero-order valence-corrected chi connectivity index (χ0v) is 35.2. The molecule has 0 amide bonds. The zero-order chi connectivity index (χ0) is 42.5. The summed E-state index contributed by atoms with van der Waals surface area (Å²) in [4.78, 5) is 32.1. The van der Waals surface area contributed by atoms with Crippen LogP contribution in [0.3, 0.4) is 0 Å². The minimum atomic E-state index is -0.137. The number of hydrogen-bond acceptors (Lipinski definition) is 7. The normalized spacial score (nSPS) is 16.3. The summed E-state index contributed by atoms with van der Waals surface area (Å²) >= 11 is 0. The number of allylic oxidation sites excluding steroid dienone is 10. The Morgan fingerprint density at radius 1 is 0.787 bits per heavy atom. The van der Waals surface area contributed by atoms with Gasteiger partial charge in [-0.2, -0.15) is 0 Å². The average molecular weight is 800 g/mol. The lowest BCUT2D eigenvalue weighted by Crippen LogP contribution is -2.35. The number of aliphatic imine (C=N–C) groups is 1. The van der Waals surface area contributed by atoms with Gasteiger partial charge < -0.3 is 4.90 Å². The number of hydrogen-bond donors (Lipinski definition) is 0. The maximum absolute atomic E-state index is 5.35. The van der Waals surface area contributed by atoms with Crippen LogP contribution in [0.1, 0.15) is 43.4 Å². The van der Waals surface area contributed by atoms with Crippen LogP contribution < -0.4 is 15.7 Å². The summed E-state index contributed by atoms with van der Waals surface area (Å²) in [6.45, 7) is 21.9. The third-order valence-corrected chi connectivity index (χ3v) is 11.2. The van der Waals surface area contributed by atoms with Gasteiger partial charge in [-0.25, -0.2) is 24.9 Å². The highest BCUT2D eigenvalue weighted by molar-refractivity contribution is 5.86. The van der Waals surface area contributed by atoms with Crippen LogP contribution in [0, 0.1) is 13.8 Å². The molecule has 0 radical (unpaired) electrons. The van der Waals surface area contributed by atoms with E-state index < -0.39 is 0 Å². The van der Waals surface area contributed by atoms with Gasteiger partial charge in [0.2, 0.25) is 0 Å². The molecule has 2 aromatic carbocycles. The summed E-state index contributed by atoms with van der Waals surface area (Å²) in [6.07, 6.45) is 26.4.